The Morgan fingerprint density at radius 2 is 2.15 bits per heavy atom. The van der Waals surface area contributed by atoms with Crippen LogP contribution in [0.1, 0.15) is 34.5 Å². The maximum absolute atomic E-state index is 11.7. The van der Waals surface area contributed by atoms with E-state index in [1.165, 1.54) is 0 Å². The predicted molar refractivity (Wildman–Crippen MR) is 99.6 cm³/mol. The molecule has 1 fully saturated rings. The molecular weight excluding hydrogens is 350 g/mol. The fourth-order valence-corrected chi connectivity index (χ4v) is 3.44. The van der Waals surface area contributed by atoms with E-state index < -0.39 is 11.7 Å². The first kappa shape index (κ1) is 17.3. The minimum absolute atomic E-state index is 0.0739. The van der Waals surface area contributed by atoms with Gasteiger partial charge in [0.05, 0.1) is 0 Å². The molecule has 0 amide bonds. The van der Waals surface area contributed by atoms with Gasteiger partial charge in [-0.05, 0) is 37.0 Å². The van der Waals surface area contributed by atoms with Gasteiger partial charge in [0.15, 0.2) is 22.9 Å². The van der Waals surface area contributed by atoms with E-state index in [2.05, 4.69) is 9.98 Å². The van der Waals surface area contributed by atoms with Gasteiger partial charge in [0, 0.05) is 43.2 Å². The number of carboxylic acid groups (broad SMARTS) is 1. The summed E-state index contributed by atoms with van der Waals surface area (Å²) in [6.45, 7) is 1.23. The summed E-state index contributed by atoms with van der Waals surface area (Å²) in [6.07, 6.45) is 6.29. The molecule has 2 aliphatic rings. The summed E-state index contributed by atoms with van der Waals surface area (Å²) in [4.78, 5) is 21.9. The summed E-state index contributed by atoms with van der Waals surface area (Å²) >= 11 is 0. The van der Waals surface area contributed by atoms with Gasteiger partial charge >= 0.3 is 5.97 Å². The molecule has 0 saturated carbocycles. The number of fused-ring (bicyclic) bond motifs is 1. The zero-order valence-corrected chi connectivity index (χ0v) is 14.5. The molecule has 4 rings (SSSR count). The van der Waals surface area contributed by atoms with Gasteiger partial charge < -0.3 is 24.6 Å². The fraction of sp³-hybridized carbons (Fsp3) is 0.316. The van der Waals surface area contributed by atoms with Crippen molar-refractivity contribution in [3.8, 4) is 5.75 Å². The number of aliphatic hydroxyl groups is 1. The van der Waals surface area contributed by atoms with Crippen LogP contribution in [0.5, 0.6) is 5.75 Å². The number of rotatable bonds is 4. The number of aromatic hydroxyl groups is 1. The van der Waals surface area contributed by atoms with E-state index in [0.717, 1.165) is 18.4 Å². The van der Waals surface area contributed by atoms with Crippen molar-refractivity contribution in [3.63, 3.8) is 0 Å². The van der Waals surface area contributed by atoms with Crippen LogP contribution in [0.4, 0.5) is 11.7 Å². The third-order valence-electron chi connectivity index (χ3n) is 4.97. The molecule has 2 aliphatic heterocycles. The maximum Gasteiger partial charge on any atom is 0.345 e. The first-order chi connectivity index (χ1) is 13.1. The number of aromatic carboxylic acids is 1. The van der Waals surface area contributed by atoms with Gasteiger partial charge in [-0.3, -0.25) is 0 Å². The second-order valence-corrected chi connectivity index (χ2v) is 6.65. The van der Waals surface area contributed by atoms with Crippen molar-refractivity contribution in [1.82, 2.24) is 4.98 Å². The van der Waals surface area contributed by atoms with Gasteiger partial charge in [-0.25, -0.2) is 14.8 Å². The molecule has 0 aromatic carbocycles. The van der Waals surface area contributed by atoms with Gasteiger partial charge in [-0.1, -0.05) is 0 Å². The number of carboxylic acids is 1. The van der Waals surface area contributed by atoms with E-state index in [-0.39, 0.29) is 29.7 Å². The average molecular weight is 369 g/mol. The highest BCUT2D eigenvalue weighted by Gasteiger charge is 2.31. The van der Waals surface area contributed by atoms with Crippen LogP contribution in [0.2, 0.25) is 0 Å². The molecule has 0 atom stereocenters. The molecule has 4 heterocycles. The molecule has 2 aromatic rings. The van der Waals surface area contributed by atoms with Crippen molar-refractivity contribution in [2.75, 3.05) is 24.6 Å². The number of anilines is 1. The summed E-state index contributed by atoms with van der Waals surface area (Å²) in [5.41, 5.74) is 1.23. The molecule has 140 valence electrons. The Hall–Kier alpha value is -3.13. The van der Waals surface area contributed by atoms with Crippen LogP contribution >= 0.6 is 0 Å². The number of hydrogen-bond donors (Lipinski definition) is 3. The summed E-state index contributed by atoms with van der Waals surface area (Å²) in [5.74, 6) is -0.658. The van der Waals surface area contributed by atoms with E-state index in [1.54, 1.807) is 29.5 Å². The van der Waals surface area contributed by atoms with E-state index in [9.17, 15) is 20.1 Å². The van der Waals surface area contributed by atoms with Crippen LogP contribution in [0.15, 0.2) is 27.7 Å². The number of hydrogen-bond acceptors (Lipinski definition) is 7. The molecule has 0 spiro atoms. The lowest BCUT2D eigenvalue weighted by molar-refractivity contribution is 0.0694. The number of aliphatic hydroxyl groups excluding tert-OH is 1. The smallest absolute Gasteiger partial charge is 0.345 e. The quantitative estimate of drug-likeness (QED) is 0.757. The third-order valence-corrected chi connectivity index (χ3v) is 4.97. The molecule has 0 aliphatic carbocycles. The Labute approximate surface area is 155 Å². The Balaban J connectivity index is 1.70. The zero-order chi connectivity index (χ0) is 19.0. The monoisotopic (exact) mass is 369 g/mol. The van der Waals surface area contributed by atoms with Crippen molar-refractivity contribution in [2.45, 2.75) is 12.8 Å². The second-order valence-electron chi connectivity index (χ2n) is 6.65. The van der Waals surface area contributed by atoms with Crippen molar-refractivity contribution < 1.29 is 24.5 Å². The van der Waals surface area contributed by atoms with Crippen molar-refractivity contribution in [3.05, 3.63) is 35.2 Å². The molecular formula is C19H19N3O5. The lowest BCUT2D eigenvalue weighted by Gasteiger charge is -2.31. The third kappa shape index (κ3) is 3.08. The van der Waals surface area contributed by atoms with Gasteiger partial charge in [0.2, 0.25) is 5.88 Å². The Morgan fingerprint density at radius 3 is 2.85 bits per heavy atom. The predicted octanol–water partition coefficient (Wildman–Crippen LogP) is 2.54. The van der Waals surface area contributed by atoms with Crippen LogP contribution in [0.25, 0.3) is 11.6 Å². The van der Waals surface area contributed by atoms with Crippen molar-refractivity contribution >= 4 is 35.5 Å². The lowest BCUT2D eigenvalue weighted by Crippen LogP contribution is -2.35. The molecule has 27 heavy (non-hydrogen) atoms. The number of nitrogens with zero attached hydrogens (tertiary/aromatic N) is 3. The Bertz CT molecular complexity index is 939. The van der Waals surface area contributed by atoms with Crippen LogP contribution in [-0.2, 0) is 0 Å². The van der Waals surface area contributed by atoms with Crippen molar-refractivity contribution in [1.29, 1.82) is 0 Å². The number of furan rings is 1. The van der Waals surface area contributed by atoms with Gasteiger partial charge in [0.25, 0.3) is 0 Å². The van der Waals surface area contributed by atoms with Crippen LogP contribution in [0.3, 0.4) is 0 Å². The molecule has 0 unspecified atom stereocenters. The van der Waals surface area contributed by atoms with E-state index in [4.69, 9.17) is 4.42 Å². The maximum atomic E-state index is 11.7. The molecule has 8 nitrogen and oxygen atoms in total. The summed E-state index contributed by atoms with van der Waals surface area (Å²) in [7, 11) is 0. The summed E-state index contributed by atoms with van der Waals surface area (Å²) in [5, 5.41) is 29.3. The molecule has 3 N–H and O–H groups in total. The fourth-order valence-electron chi connectivity index (χ4n) is 3.44. The van der Waals surface area contributed by atoms with Gasteiger partial charge in [-0.15, -0.1) is 0 Å². The summed E-state index contributed by atoms with van der Waals surface area (Å²) in [6, 6.07) is 3.63. The van der Waals surface area contributed by atoms with Crippen LogP contribution in [0, 0.1) is 5.92 Å². The molecule has 0 radical (unpaired) electrons. The van der Waals surface area contributed by atoms with E-state index in [1.807, 2.05) is 6.07 Å². The van der Waals surface area contributed by atoms with Crippen molar-refractivity contribution in [2.24, 2.45) is 10.9 Å². The number of carbonyl (C=O) groups is 1. The molecule has 2 aromatic heterocycles. The Kier molecular flexibility index (Phi) is 4.41. The number of pyridine rings is 1. The normalized spacial score (nSPS) is 18.3. The van der Waals surface area contributed by atoms with E-state index in [0.29, 0.717) is 24.5 Å². The number of piperidine rings is 1. The second kappa shape index (κ2) is 6.88. The standard InChI is InChI=1S/C19H19N3O5/c23-10-11-3-6-22(7-4-11)18-15(19(25)26)16(24)14(27-18)8-12-9-21-17-13(12)2-1-5-20-17/h1-2,5,8-9,11,23-24H,3-4,6-7,10H2,(H,25,26). The largest absolute Gasteiger partial charge is 0.504 e. The number of aliphatic imine (C=N–C) groups is 1. The Morgan fingerprint density at radius 1 is 1.37 bits per heavy atom. The molecule has 1 saturated heterocycles. The van der Waals surface area contributed by atoms with Gasteiger partial charge in [-0.2, -0.15) is 0 Å². The topological polar surface area (TPSA) is 119 Å². The average Bonchev–Trinajstić information content (AvgIpc) is 3.24. The first-order valence-corrected chi connectivity index (χ1v) is 8.74. The molecule has 8 heteroatoms. The highest BCUT2D eigenvalue weighted by molar-refractivity contribution is 6.21. The van der Waals surface area contributed by atoms with Crippen LogP contribution < -0.4 is 4.90 Å². The lowest BCUT2D eigenvalue weighted by atomic mass is 9.98. The summed E-state index contributed by atoms with van der Waals surface area (Å²) < 4.78 is 5.77. The number of allylic oxidation sites excluding steroid dienone is 1. The minimum atomic E-state index is -1.25. The van der Waals surface area contributed by atoms with E-state index >= 15 is 0 Å². The van der Waals surface area contributed by atoms with Gasteiger partial charge in [0.1, 0.15) is 0 Å². The highest BCUT2D eigenvalue weighted by Crippen LogP contribution is 2.40. The van der Waals surface area contributed by atoms with Crippen LogP contribution in [-0.4, -0.2) is 52.2 Å². The highest BCUT2D eigenvalue weighted by atomic mass is 16.4. The minimum Gasteiger partial charge on any atom is -0.504 e. The first-order valence-electron chi connectivity index (χ1n) is 8.74. The number of aromatic nitrogens is 1. The SMILES string of the molecule is O=C(O)c1c(N2CCC(CO)CC2)oc(C=C2C=Nc3ncccc32)c1O. The zero-order valence-electron chi connectivity index (χ0n) is 14.5. The molecule has 0 bridgehead atoms.